The zero-order valence-electron chi connectivity index (χ0n) is 12.8. The van der Waals surface area contributed by atoms with Crippen molar-refractivity contribution in [3.63, 3.8) is 0 Å². The fourth-order valence-corrected chi connectivity index (χ4v) is 3.75. The largest absolute Gasteiger partial charge is 0.314 e. The van der Waals surface area contributed by atoms with Crippen LogP contribution in [0.2, 0.25) is 0 Å². The lowest BCUT2D eigenvalue weighted by atomic mass is 9.86. The number of hydrogen-bond donors (Lipinski definition) is 1. The van der Waals surface area contributed by atoms with E-state index in [1.54, 1.807) is 0 Å². The fourth-order valence-electron chi connectivity index (χ4n) is 3.75. The van der Waals surface area contributed by atoms with Crippen LogP contribution in [0, 0.1) is 5.92 Å². The Morgan fingerprint density at radius 2 is 1.90 bits per heavy atom. The number of rotatable bonds is 4. The third-order valence-corrected chi connectivity index (χ3v) is 4.99. The number of hydrogen-bond acceptors (Lipinski definition) is 3. The third kappa shape index (κ3) is 4.67. The molecule has 2 aliphatic rings. The molecule has 118 valence electrons. The maximum atomic E-state index is 4.15. The summed E-state index contributed by atoms with van der Waals surface area (Å²) < 4.78 is 0. The van der Waals surface area contributed by atoms with Gasteiger partial charge in [0, 0.05) is 38.1 Å². The molecule has 2 heterocycles. The van der Waals surface area contributed by atoms with Crippen LogP contribution in [0.5, 0.6) is 0 Å². The quantitative estimate of drug-likeness (QED) is 0.923. The van der Waals surface area contributed by atoms with E-state index in [0.717, 1.165) is 19.0 Å². The van der Waals surface area contributed by atoms with Crippen molar-refractivity contribution >= 4 is 12.4 Å². The summed E-state index contributed by atoms with van der Waals surface area (Å²) in [6.45, 7) is 4.65. The summed E-state index contributed by atoms with van der Waals surface area (Å²) >= 11 is 0. The molecule has 4 heteroatoms. The summed E-state index contributed by atoms with van der Waals surface area (Å²) in [4.78, 5) is 6.83. The molecule has 0 amide bonds. The normalized spacial score (nSPS) is 24.5. The summed E-state index contributed by atoms with van der Waals surface area (Å²) in [5.74, 6) is 0.983. The summed E-state index contributed by atoms with van der Waals surface area (Å²) in [6.07, 6.45) is 12.5. The van der Waals surface area contributed by atoms with Gasteiger partial charge in [-0.3, -0.25) is 9.88 Å². The average Bonchev–Trinajstić information content (AvgIpc) is 2.55. The molecule has 2 fully saturated rings. The highest BCUT2D eigenvalue weighted by Gasteiger charge is 2.24. The predicted octanol–water partition coefficient (Wildman–Crippen LogP) is 3.42. The van der Waals surface area contributed by atoms with Gasteiger partial charge < -0.3 is 5.32 Å². The summed E-state index contributed by atoms with van der Waals surface area (Å²) in [7, 11) is 0. The van der Waals surface area contributed by atoms with E-state index >= 15 is 0 Å². The summed E-state index contributed by atoms with van der Waals surface area (Å²) in [5.41, 5.74) is 1.41. The molecule has 1 aromatic rings. The van der Waals surface area contributed by atoms with E-state index in [1.165, 1.54) is 57.2 Å². The molecule has 1 aliphatic carbocycles. The molecule has 1 saturated carbocycles. The average molecular weight is 310 g/mol. The highest BCUT2D eigenvalue weighted by Crippen LogP contribution is 2.28. The van der Waals surface area contributed by atoms with Crippen molar-refractivity contribution in [2.75, 3.05) is 26.2 Å². The van der Waals surface area contributed by atoms with Gasteiger partial charge in [-0.05, 0) is 36.6 Å². The lowest BCUT2D eigenvalue weighted by Gasteiger charge is -2.37. The highest BCUT2D eigenvalue weighted by atomic mass is 35.5. The van der Waals surface area contributed by atoms with Crippen LogP contribution >= 0.6 is 12.4 Å². The standard InChI is InChI=1S/C17H27N3.ClH/c1-2-4-15(5-3-1)8-12-20-13-11-19-14-17(20)16-6-9-18-10-7-16;/h6-7,9-10,15,17,19H,1-5,8,11-14H2;1H. The second-order valence-electron chi connectivity index (χ2n) is 6.33. The minimum absolute atomic E-state index is 0. The Kier molecular flexibility index (Phi) is 6.94. The number of nitrogens with one attached hydrogen (secondary N) is 1. The second-order valence-corrected chi connectivity index (χ2v) is 6.33. The van der Waals surface area contributed by atoms with E-state index in [9.17, 15) is 0 Å². The smallest absolute Gasteiger partial charge is 0.0474 e. The number of piperazine rings is 1. The SMILES string of the molecule is Cl.c1cc(C2CNCCN2CCC2CCCCC2)ccn1. The molecule has 1 aromatic heterocycles. The van der Waals surface area contributed by atoms with Crippen molar-refractivity contribution in [3.05, 3.63) is 30.1 Å². The van der Waals surface area contributed by atoms with Gasteiger partial charge in [-0.25, -0.2) is 0 Å². The van der Waals surface area contributed by atoms with E-state index < -0.39 is 0 Å². The van der Waals surface area contributed by atoms with Crippen LogP contribution in [-0.4, -0.2) is 36.1 Å². The van der Waals surface area contributed by atoms with Gasteiger partial charge in [0.05, 0.1) is 0 Å². The van der Waals surface area contributed by atoms with E-state index in [0.29, 0.717) is 6.04 Å². The first-order chi connectivity index (χ1) is 9.93. The first-order valence-corrected chi connectivity index (χ1v) is 8.28. The number of aromatic nitrogens is 1. The molecule has 3 nitrogen and oxygen atoms in total. The summed E-state index contributed by atoms with van der Waals surface area (Å²) in [6, 6.07) is 4.88. The van der Waals surface area contributed by atoms with Gasteiger partial charge in [-0.1, -0.05) is 32.1 Å². The van der Waals surface area contributed by atoms with Crippen LogP contribution in [0.15, 0.2) is 24.5 Å². The molecule has 0 bridgehead atoms. The van der Waals surface area contributed by atoms with Gasteiger partial charge in [-0.2, -0.15) is 0 Å². The minimum Gasteiger partial charge on any atom is -0.314 e. The van der Waals surface area contributed by atoms with E-state index in [4.69, 9.17) is 0 Å². The Labute approximate surface area is 134 Å². The minimum atomic E-state index is 0. The molecule has 3 rings (SSSR count). The Morgan fingerprint density at radius 1 is 1.14 bits per heavy atom. The van der Waals surface area contributed by atoms with Crippen LogP contribution in [-0.2, 0) is 0 Å². The number of halogens is 1. The fraction of sp³-hybridized carbons (Fsp3) is 0.706. The Balaban J connectivity index is 0.00000161. The first kappa shape index (κ1) is 16.7. The molecule has 0 spiro atoms. The lowest BCUT2D eigenvalue weighted by Crippen LogP contribution is -2.46. The van der Waals surface area contributed by atoms with E-state index in [-0.39, 0.29) is 12.4 Å². The molecule has 1 N–H and O–H groups in total. The van der Waals surface area contributed by atoms with Crippen molar-refractivity contribution < 1.29 is 0 Å². The molecule has 1 atom stereocenters. The van der Waals surface area contributed by atoms with Gasteiger partial charge in [-0.15, -0.1) is 12.4 Å². The zero-order chi connectivity index (χ0) is 13.6. The zero-order valence-corrected chi connectivity index (χ0v) is 13.7. The highest BCUT2D eigenvalue weighted by molar-refractivity contribution is 5.85. The van der Waals surface area contributed by atoms with Crippen molar-refractivity contribution in [2.45, 2.75) is 44.6 Å². The van der Waals surface area contributed by atoms with Crippen LogP contribution < -0.4 is 5.32 Å². The maximum absolute atomic E-state index is 4.15. The van der Waals surface area contributed by atoms with Crippen molar-refractivity contribution in [1.29, 1.82) is 0 Å². The Hall–Kier alpha value is -0.640. The van der Waals surface area contributed by atoms with Gasteiger partial charge in [0.1, 0.15) is 0 Å². The van der Waals surface area contributed by atoms with Crippen LogP contribution in [0.25, 0.3) is 0 Å². The van der Waals surface area contributed by atoms with Crippen molar-refractivity contribution in [2.24, 2.45) is 5.92 Å². The van der Waals surface area contributed by atoms with Crippen LogP contribution in [0.4, 0.5) is 0 Å². The van der Waals surface area contributed by atoms with Gasteiger partial charge in [0.15, 0.2) is 0 Å². The number of pyridine rings is 1. The van der Waals surface area contributed by atoms with E-state index in [2.05, 4.69) is 27.3 Å². The van der Waals surface area contributed by atoms with Crippen molar-refractivity contribution in [1.82, 2.24) is 15.2 Å². The summed E-state index contributed by atoms with van der Waals surface area (Å²) in [5, 5.41) is 3.54. The molecule has 1 saturated heterocycles. The molecule has 0 radical (unpaired) electrons. The topological polar surface area (TPSA) is 28.2 Å². The molecule has 1 unspecified atom stereocenters. The second kappa shape index (κ2) is 8.72. The Bertz CT molecular complexity index is 392. The Morgan fingerprint density at radius 3 is 2.67 bits per heavy atom. The van der Waals surface area contributed by atoms with Gasteiger partial charge >= 0.3 is 0 Å². The molecule has 0 aromatic carbocycles. The molecular weight excluding hydrogens is 282 g/mol. The van der Waals surface area contributed by atoms with Crippen LogP contribution in [0.1, 0.15) is 50.1 Å². The lowest BCUT2D eigenvalue weighted by molar-refractivity contribution is 0.145. The monoisotopic (exact) mass is 309 g/mol. The molecular formula is C17H28ClN3. The first-order valence-electron chi connectivity index (χ1n) is 8.28. The van der Waals surface area contributed by atoms with E-state index in [1.807, 2.05) is 12.4 Å². The third-order valence-electron chi connectivity index (χ3n) is 4.99. The van der Waals surface area contributed by atoms with Gasteiger partial charge in [0.2, 0.25) is 0 Å². The predicted molar refractivity (Wildman–Crippen MR) is 89.9 cm³/mol. The molecule has 1 aliphatic heterocycles. The molecule has 21 heavy (non-hydrogen) atoms. The van der Waals surface area contributed by atoms with Crippen LogP contribution in [0.3, 0.4) is 0 Å². The van der Waals surface area contributed by atoms with Gasteiger partial charge in [0.25, 0.3) is 0 Å². The number of nitrogens with zero attached hydrogens (tertiary/aromatic N) is 2. The van der Waals surface area contributed by atoms with Crippen molar-refractivity contribution in [3.8, 4) is 0 Å². The maximum Gasteiger partial charge on any atom is 0.0474 e.